The minimum absolute atomic E-state index is 0.0377. The van der Waals surface area contributed by atoms with Crippen LogP contribution in [0.5, 0.6) is 0 Å². The molecule has 1 fully saturated rings. The predicted molar refractivity (Wildman–Crippen MR) is 107 cm³/mol. The Bertz CT molecular complexity index is 976. The number of benzene rings is 1. The van der Waals surface area contributed by atoms with E-state index in [-0.39, 0.29) is 18.0 Å². The highest BCUT2D eigenvalue weighted by Crippen LogP contribution is 2.30. The van der Waals surface area contributed by atoms with Crippen molar-refractivity contribution in [3.63, 3.8) is 0 Å². The van der Waals surface area contributed by atoms with Crippen molar-refractivity contribution in [1.82, 2.24) is 24.4 Å². The number of imidazole rings is 2. The molecule has 1 amide bonds. The van der Waals surface area contributed by atoms with Gasteiger partial charge in [-0.3, -0.25) is 4.79 Å². The fourth-order valence-electron chi connectivity index (χ4n) is 4.33. The highest BCUT2D eigenvalue weighted by atomic mass is 16.3. The number of aliphatic hydroxyl groups is 1. The van der Waals surface area contributed by atoms with Crippen molar-refractivity contribution in [2.75, 3.05) is 0 Å². The van der Waals surface area contributed by atoms with Gasteiger partial charge in [-0.1, -0.05) is 12.1 Å². The summed E-state index contributed by atoms with van der Waals surface area (Å²) < 4.78 is 4.09. The first-order chi connectivity index (χ1) is 13.5. The van der Waals surface area contributed by atoms with E-state index in [1.807, 2.05) is 48.9 Å². The van der Waals surface area contributed by atoms with Gasteiger partial charge in [-0.25, -0.2) is 9.97 Å². The second kappa shape index (κ2) is 7.75. The zero-order valence-corrected chi connectivity index (χ0v) is 16.4. The van der Waals surface area contributed by atoms with Gasteiger partial charge in [0.2, 0.25) is 5.91 Å². The monoisotopic (exact) mass is 381 g/mol. The van der Waals surface area contributed by atoms with Crippen molar-refractivity contribution >= 4 is 16.9 Å². The van der Waals surface area contributed by atoms with Gasteiger partial charge in [-0.2, -0.15) is 0 Å². The van der Waals surface area contributed by atoms with Crippen LogP contribution in [0.1, 0.15) is 43.4 Å². The van der Waals surface area contributed by atoms with Crippen LogP contribution in [0.2, 0.25) is 0 Å². The Morgan fingerprint density at radius 2 is 2.07 bits per heavy atom. The van der Waals surface area contributed by atoms with Gasteiger partial charge in [-0.05, 0) is 45.2 Å². The molecule has 2 N–H and O–H groups in total. The molecule has 0 aliphatic heterocycles. The number of carbonyl (C=O) groups excluding carboxylic acids is 1. The molecular formula is C21H27N5O2. The number of aliphatic hydroxyl groups excluding tert-OH is 1. The number of hydrogen-bond donors (Lipinski definition) is 2. The molecular weight excluding hydrogens is 354 g/mol. The van der Waals surface area contributed by atoms with E-state index in [0.29, 0.717) is 13.0 Å². The molecule has 0 saturated heterocycles. The molecule has 4 rings (SSSR count). The molecule has 0 radical (unpaired) electrons. The van der Waals surface area contributed by atoms with Gasteiger partial charge in [0.15, 0.2) is 0 Å². The lowest BCUT2D eigenvalue weighted by Gasteiger charge is -2.36. The lowest BCUT2D eigenvalue weighted by molar-refractivity contribution is -0.123. The van der Waals surface area contributed by atoms with Crippen molar-refractivity contribution < 1.29 is 9.90 Å². The largest absolute Gasteiger partial charge is 0.389 e. The summed E-state index contributed by atoms with van der Waals surface area (Å²) in [6, 6.07) is 7.69. The lowest BCUT2D eigenvalue weighted by Crippen LogP contribution is -2.49. The van der Waals surface area contributed by atoms with E-state index < -0.39 is 6.10 Å². The summed E-state index contributed by atoms with van der Waals surface area (Å²) in [4.78, 5) is 21.4. The summed E-state index contributed by atoms with van der Waals surface area (Å²) in [6.07, 6.45) is 6.06. The van der Waals surface area contributed by atoms with E-state index >= 15 is 0 Å². The molecule has 0 bridgehead atoms. The number of amides is 1. The zero-order valence-electron chi connectivity index (χ0n) is 16.4. The van der Waals surface area contributed by atoms with E-state index in [9.17, 15) is 9.90 Å². The standard InChI is InChI=1S/C21H27N5O2/c1-14-22-11-13-26(14)19-9-5-7-17(21(19)28)24-20(27)10-12-25-15(2)23-16-6-3-4-8-18(16)25/h3-4,6,8,11,13,17,19,21,28H,5,7,9-10,12H2,1-2H3,(H,24,27)/t17-,19-,21-/m1/s1. The van der Waals surface area contributed by atoms with Crippen molar-refractivity contribution in [3.8, 4) is 0 Å². The Labute approximate surface area is 164 Å². The summed E-state index contributed by atoms with van der Waals surface area (Å²) in [5.41, 5.74) is 1.99. The van der Waals surface area contributed by atoms with Crippen LogP contribution in [0.15, 0.2) is 36.7 Å². The molecule has 3 aromatic rings. The Kier molecular flexibility index (Phi) is 5.17. The molecule has 28 heavy (non-hydrogen) atoms. The normalized spacial score (nSPS) is 22.5. The highest BCUT2D eigenvalue weighted by molar-refractivity contribution is 5.78. The summed E-state index contributed by atoms with van der Waals surface area (Å²) in [6.45, 7) is 4.47. The van der Waals surface area contributed by atoms with Crippen molar-refractivity contribution in [2.45, 2.75) is 64.3 Å². The minimum Gasteiger partial charge on any atom is -0.389 e. The average Bonchev–Trinajstić information content (AvgIpc) is 3.24. The Morgan fingerprint density at radius 1 is 1.25 bits per heavy atom. The minimum atomic E-state index is -0.610. The molecule has 148 valence electrons. The summed E-state index contributed by atoms with van der Waals surface area (Å²) >= 11 is 0. The fourth-order valence-corrected chi connectivity index (χ4v) is 4.33. The second-order valence-electron chi connectivity index (χ2n) is 7.59. The van der Waals surface area contributed by atoms with E-state index in [2.05, 4.69) is 19.9 Å². The number of para-hydroxylation sites is 2. The third-order valence-corrected chi connectivity index (χ3v) is 5.80. The quantitative estimate of drug-likeness (QED) is 0.711. The number of hydrogen-bond acceptors (Lipinski definition) is 4. The van der Waals surface area contributed by atoms with Gasteiger partial charge in [-0.15, -0.1) is 0 Å². The summed E-state index contributed by atoms with van der Waals surface area (Å²) in [7, 11) is 0. The molecule has 1 saturated carbocycles. The Morgan fingerprint density at radius 3 is 2.86 bits per heavy atom. The molecule has 2 aromatic heterocycles. The van der Waals surface area contributed by atoms with E-state index in [1.165, 1.54) is 0 Å². The molecule has 1 aliphatic carbocycles. The SMILES string of the molecule is Cc1nccn1[C@@H]1CCC[C@@H](NC(=O)CCn2c(C)nc3ccccc32)[C@H]1O. The molecule has 1 aliphatic rings. The first-order valence-electron chi connectivity index (χ1n) is 9.93. The van der Waals surface area contributed by atoms with Crippen LogP contribution >= 0.6 is 0 Å². The van der Waals surface area contributed by atoms with Crippen molar-refractivity contribution in [1.29, 1.82) is 0 Å². The van der Waals surface area contributed by atoms with Crippen LogP contribution in [0.3, 0.4) is 0 Å². The summed E-state index contributed by atoms with van der Waals surface area (Å²) in [5, 5.41) is 13.9. The number of rotatable bonds is 5. The van der Waals surface area contributed by atoms with E-state index in [4.69, 9.17) is 0 Å². The first kappa shape index (κ1) is 18.7. The number of aryl methyl sites for hydroxylation is 3. The van der Waals surface area contributed by atoms with Crippen LogP contribution in [0, 0.1) is 13.8 Å². The topological polar surface area (TPSA) is 85.0 Å². The summed E-state index contributed by atoms with van der Waals surface area (Å²) in [5.74, 6) is 1.75. The molecule has 1 aromatic carbocycles. The van der Waals surface area contributed by atoms with Crippen LogP contribution in [0.4, 0.5) is 0 Å². The molecule has 0 unspecified atom stereocenters. The van der Waals surface area contributed by atoms with Gasteiger partial charge in [0.1, 0.15) is 11.6 Å². The van der Waals surface area contributed by atoms with Gasteiger partial charge < -0.3 is 19.6 Å². The number of nitrogens with zero attached hydrogens (tertiary/aromatic N) is 4. The molecule has 7 heteroatoms. The average molecular weight is 381 g/mol. The Hall–Kier alpha value is -2.67. The van der Waals surface area contributed by atoms with E-state index in [0.717, 1.165) is 41.9 Å². The third kappa shape index (κ3) is 3.54. The number of nitrogens with one attached hydrogen (secondary N) is 1. The zero-order chi connectivity index (χ0) is 19.7. The van der Waals surface area contributed by atoms with Crippen LogP contribution in [0.25, 0.3) is 11.0 Å². The smallest absolute Gasteiger partial charge is 0.222 e. The van der Waals surface area contributed by atoms with Crippen LogP contribution in [-0.4, -0.2) is 42.3 Å². The fraction of sp³-hybridized carbons (Fsp3) is 0.476. The molecule has 0 spiro atoms. The van der Waals surface area contributed by atoms with Crippen LogP contribution < -0.4 is 5.32 Å². The molecule has 3 atom stereocenters. The van der Waals surface area contributed by atoms with Crippen LogP contribution in [-0.2, 0) is 11.3 Å². The highest BCUT2D eigenvalue weighted by Gasteiger charge is 2.34. The predicted octanol–water partition coefficient (Wildman–Crippen LogP) is 2.51. The van der Waals surface area contributed by atoms with Crippen molar-refractivity contribution in [3.05, 3.63) is 48.3 Å². The maximum Gasteiger partial charge on any atom is 0.222 e. The van der Waals surface area contributed by atoms with Gasteiger partial charge in [0.25, 0.3) is 0 Å². The van der Waals surface area contributed by atoms with E-state index in [1.54, 1.807) is 6.20 Å². The maximum absolute atomic E-state index is 12.6. The van der Waals surface area contributed by atoms with Gasteiger partial charge in [0, 0.05) is 25.4 Å². The second-order valence-corrected chi connectivity index (χ2v) is 7.59. The molecule has 7 nitrogen and oxygen atoms in total. The maximum atomic E-state index is 12.6. The van der Waals surface area contributed by atoms with Crippen molar-refractivity contribution in [2.24, 2.45) is 0 Å². The van der Waals surface area contributed by atoms with Gasteiger partial charge >= 0.3 is 0 Å². The number of aromatic nitrogens is 4. The lowest BCUT2D eigenvalue weighted by atomic mass is 9.87. The first-order valence-corrected chi connectivity index (χ1v) is 9.93. The molecule has 2 heterocycles. The van der Waals surface area contributed by atoms with Gasteiger partial charge in [0.05, 0.1) is 29.2 Å². The third-order valence-electron chi connectivity index (χ3n) is 5.80. The Balaban J connectivity index is 1.39. The number of carbonyl (C=O) groups is 1. The number of fused-ring (bicyclic) bond motifs is 1.